The summed E-state index contributed by atoms with van der Waals surface area (Å²) in [5.41, 5.74) is 2.37. The van der Waals surface area contributed by atoms with Gasteiger partial charge < -0.3 is 4.98 Å². The summed E-state index contributed by atoms with van der Waals surface area (Å²) in [6.45, 7) is 0. The van der Waals surface area contributed by atoms with Crippen LogP contribution in [0.25, 0.3) is 10.9 Å². The number of fused-ring (bicyclic) bond motifs is 1. The SMILES string of the molecule is O=Cc1c[nH]c2cccc(C#CCCl)c12. The van der Waals surface area contributed by atoms with Gasteiger partial charge in [-0.25, -0.2) is 0 Å². The van der Waals surface area contributed by atoms with Crippen molar-refractivity contribution in [1.29, 1.82) is 0 Å². The van der Waals surface area contributed by atoms with Gasteiger partial charge in [0.05, 0.1) is 5.88 Å². The topological polar surface area (TPSA) is 32.9 Å². The van der Waals surface area contributed by atoms with Crippen LogP contribution in [0, 0.1) is 11.8 Å². The molecule has 0 aliphatic heterocycles. The summed E-state index contributed by atoms with van der Waals surface area (Å²) in [5, 5.41) is 0.866. The van der Waals surface area contributed by atoms with E-state index in [1.807, 2.05) is 18.2 Å². The Labute approximate surface area is 92.2 Å². The molecule has 74 valence electrons. The Kier molecular flexibility index (Phi) is 2.75. The van der Waals surface area contributed by atoms with Gasteiger partial charge in [-0.05, 0) is 12.1 Å². The third-order valence-corrected chi connectivity index (χ3v) is 2.29. The molecule has 0 aliphatic rings. The van der Waals surface area contributed by atoms with Crippen molar-refractivity contribution in [3.8, 4) is 11.8 Å². The summed E-state index contributed by atoms with van der Waals surface area (Å²) >= 11 is 5.50. The maximum atomic E-state index is 10.8. The van der Waals surface area contributed by atoms with Crippen LogP contribution in [0.4, 0.5) is 0 Å². The first kappa shape index (κ1) is 9.82. The van der Waals surface area contributed by atoms with Crippen molar-refractivity contribution in [2.45, 2.75) is 0 Å². The van der Waals surface area contributed by atoms with Crippen molar-refractivity contribution in [2.75, 3.05) is 5.88 Å². The van der Waals surface area contributed by atoms with Gasteiger partial charge in [-0.3, -0.25) is 4.79 Å². The fourth-order valence-electron chi connectivity index (χ4n) is 1.54. The van der Waals surface area contributed by atoms with Gasteiger partial charge in [0, 0.05) is 28.2 Å². The van der Waals surface area contributed by atoms with Gasteiger partial charge >= 0.3 is 0 Å². The molecule has 2 aromatic rings. The molecule has 0 aliphatic carbocycles. The number of benzene rings is 1. The van der Waals surface area contributed by atoms with Gasteiger partial charge in [0.2, 0.25) is 0 Å². The smallest absolute Gasteiger partial charge is 0.152 e. The predicted octanol–water partition coefficient (Wildman–Crippen LogP) is 2.57. The van der Waals surface area contributed by atoms with E-state index in [2.05, 4.69) is 16.8 Å². The maximum Gasteiger partial charge on any atom is 0.152 e. The standard InChI is InChI=1S/C12H8ClNO/c13-6-2-4-9-3-1-5-11-12(9)10(8-15)7-14-11/h1,3,5,7-8,14H,6H2. The van der Waals surface area contributed by atoms with Crippen LogP contribution in [0.15, 0.2) is 24.4 Å². The van der Waals surface area contributed by atoms with Gasteiger partial charge in [0.15, 0.2) is 6.29 Å². The van der Waals surface area contributed by atoms with E-state index in [1.165, 1.54) is 0 Å². The van der Waals surface area contributed by atoms with Crippen LogP contribution in [0.2, 0.25) is 0 Å². The van der Waals surface area contributed by atoms with E-state index >= 15 is 0 Å². The monoisotopic (exact) mass is 217 g/mol. The number of nitrogens with one attached hydrogen (secondary N) is 1. The lowest BCUT2D eigenvalue weighted by Crippen LogP contribution is -1.81. The minimum atomic E-state index is 0.289. The number of hydrogen-bond donors (Lipinski definition) is 1. The summed E-state index contributed by atoms with van der Waals surface area (Å²) in [7, 11) is 0. The van der Waals surface area contributed by atoms with E-state index in [0.29, 0.717) is 5.56 Å². The molecule has 0 bridgehead atoms. The van der Waals surface area contributed by atoms with E-state index in [4.69, 9.17) is 11.6 Å². The zero-order chi connectivity index (χ0) is 10.7. The number of aromatic amines is 1. The zero-order valence-electron chi connectivity index (χ0n) is 7.88. The van der Waals surface area contributed by atoms with Crippen molar-refractivity contribution in [2.24, 2.45) is 0 Å². The fourth-order valence-corrected chi connectivity index (χ4v) is 1.60. The van der Waals surface area contributed by atoms with E-state index < -0.39 is 0 Å². The summed E-state index contributed by atoms with van der Waals surface area (Å²) in [4.78, 5) is 13.8. The molecule has 15 heavy (non-hydrogen) atoms. The average molecular weight is 218 g/mol. The second-order valence-corrected chi connectivity index (χ2v) is 3.29. The molecule has 2 nitrogen and oxygen atoms in total. The van der Waals surface area contributed by atoms with E-state index in [9.17, 15) is 4.79 Å². The van der Waals surface area contributed by atoms with Crippen LogP contribution in [0.5, 0.6) is 0 Å². The second kappa shape index (κ2) is 4.20. The summed E-state index contributed by atoms with van der Waals surface area (Å²) in [5.74, 6) is 6.01. The van der Waals surface area contributed by atoms with Crippen LogP contribution >= 0.6 is 11.6 Å². The van der Waals surface area contributed by atoms with Gasteiger partial charge in [-0.15, -0.1) is 11.6 Å². The van der Waals surface area contributed by atoms with Crippen molar-refractivity contribution in [3.63, 3.8) is 0 Å². The van der Waals surface area contributed by atoms with Gasteiger partial charge in [0.1, 0.15) is 0 Å². The first-order valence-corrected chi connectivity index (χ1v) is 5.00. The molecular weight excluding hydrogens is 210 g/mol. The third kappa shape index (κ3) is 1.74. The highest BCUT2D eigenvalue weighted by Crippen LogP contribution is 2.20. The van der Waals surface area contributed by atoms with Crippen LogP contribution in [-0.2, 0) is 0 Å². The van der Waals surface area contributed by atoms with Crippen LogP contribution in [-0.4, -0.2) is 17.2 Å². The number of aldehydes is 1. The normalized spacial score (nSPS) is 9.67. The first-order chi connectivity index (χ1) is 7.36. The Balaban J connectivity index is 2.72. The molecule has 0 spiro atoms. The molecule has 1 N–H and O–H groups in total. The molecule has 1 heterocycles. The molecule has 0 atom stereocenters. The second-order valence-electron chi connectivity index (χ2n) is 3.03. The van der Waals surface area contributed by atoms with Gasteiger partial charge in [-0.2, -0.15) is 0 Å². The predicted molar refractivity (Wildman–Crippen MR) is 61.3 cm³/mol. The first-order valence-electron chi connectivity index (χ1n) is 4.47. The molecule has 0 saturated heterocycles. The minimum Gasteiger partial charge on any atom is -0.360 e. The molecule has 0 radical (unpaired) electrons. The zero-order valence-corrected chi connectivity index (χ0v) is 8.64. The molecule has 3 heteroatoms. The average Bonchev–Trinajstić information content (AvgIpc) is 2.69. The number of rotatable bonds is 1. The van der Waals surface area contributed by atoms with Gasteiger partial charge in [0.25, 0.3) is 0 Å². The lowest BCUT2D eigenvalue weighted by atomic mass is 10.1. The molecule has 2 rings (SSSR count). The van der Waals surface area contributed by atoms with E-state index in [-0.39, 0.29) is 5.88 Å². The number of carbonyl (C=O) groups excluding carboxylic acids is 1. The van der Waals surface area contributed by atoms with Crippen LogP contribution in [0.3, 0.4) is 0 Å². The highest BCUT2D eigenvalue weighted by molar-refractivity contribution is 6.19. The fraction of sp³-hybridized carbons (Fsp3) is 0.0833. The number of hydrogen-bond acceptors (Lipinski definition) is 1. The lowest BCUT2D eigenvalue weighted by Gasteiger charge is -1.94. The highest BCUT2D eigenvalue weighted by atomic mass is 35.5. The van der Waals surface area contributed by atoms with Crippen molar-refractivity contribution < 1.29 is 4.79 Å². The summed E-state index contributed by atoms with van der Waals surface area (Å²) in [6, 6.07) is 5.68. The molecular formula is C12H8ClNO. The number of H-pyrrole nitrogens is 1. The van der Waals surface area contributed by atoms with Crippen molar-refractivity contribution in [1.82, 2.24) is 4.98 Å². The molecule has 1 aromatic heterocycles. The number of alkyl halides is 1. The Bertz CT molecular complexity index is 560. The van der Waals surface area contributed by atoms with E-state index in [0.717, 1.165) is 22.8 Å². The Morgan fingerprint density at radius 2 is 2.33 bits per heavy atom. The van der Waals surface area contributed by atoms with E-state index in [1.54, 1.807) is 6.20 Å². The number of carbonyl (C=O) groups is 1. The molecule has 0 unspecified atom stereocenters. The lowest BCUT2D eigenvalue weighted by molar-refractivity contribution is 0.112. The Morgan fingerprint density at radius 1 is 1.47 bits per heavy atom. The Hall–Kier alpha value is -1.72. The molecule has 0 amide bonds. The summed E-state index contributed by atoms with van der Waals surface area (Å²) in [6.07, 6.45) is 2.51. The summed E-state index contributed by atoms with van der Waals surface area (Å²) < 4.78 is 0. The molecule has 0 fully saturated rings. The number of aromatic nitrogens is 1. The highest BCUT2D eigenvalue weighted by Gasteiger charge is 2.05. The number of halogens is 1. The molecule has 1 aromatic carbocycles. The minimum absolute atomic E-state index is 0.289. The van der Waals surface area contributed by atoms with Crippen LogP contribution in [0.1, 0.15) is 15.9 Å². The molecule has 0 saturated carbocycles. The van der Waals surface area contributed by atoms with Gasteiger partial charge in [-0.1, -0.05) is 17.9 Å². The quantitative estimate of drug-likeness (QED) is 0.445. The van der Waals surface area contributed by atoms with Crippen molar-refractivity contribution >= 4 is 28.8 Å². The third-order valence-electron chi connectivity index (χ3n) is 2.15. The van der Waals surface area contributed by atoms with Crippen molar-refractivity contribution in [3.05, 3.63) is 35.5 Å². The largest absolute Gasteiger partial charge is 0.360 e. The maximum absolute atomic E-state index is 10.8. The van der Waals surface area contributed by atoms with Crippen LogP contribution < -0.4 is 0 Å². The Morgan fingerprint density at radius 3 is 3.07 bits per heavy atom.